The van der Waals surface area contributed by atoms with Crippen molar-refractivity contribution < 1.29 is 64.6 Å². The molecule has 2 heterocycles. The van der Waals surface area contributed by atoms with Crippen LogP contribution in [0.2, 0.25) is 0 Å². The van der Waals surface area contributed by atoms with Crippen LogP contribution in [-0.2, 0) is 23.7 Å². The molecule has 2 aliphatic heterocycles. The molecule has 2 rings (SSSR count). The van der Waals surface area contributed by atoms with Crippen LogP contribution in [0.3, 0.4) is 0 Å². The molecule has 9 N–H and O–H groups in total. The first-order valence-corrected chi connectivity index (χ1v) is 34.1. The number of hydrogen-bond acceptors (Lipinski definition) is 13. The molecule has 0 saturated carbocycles. The quantitative estimate of drug-likeness (QED) is 0.0204. The van der Waals surface area contributed by atoms with Crippen LogP contribution in [0.25, 0.3) is 0 Å². The summed E-state index contributed by atoms with van der Waals surface area (Å²) in [7, 11) is 0. The van der Waals surface area contributed by atoms with Gasteiger partial charge in [0.1, 0.15) is 48.8 Å². The Hall–Kier alpha value is -1.53. The Morgan fingerprint density at radius 1 is 0.432 bits per heavy atom. The second kappa shape index (κ2) is 52.8. The Kier molecular flexibility index (Phi) is 49.2. The lowest BCUT2D eigenvalue weighted by molar-refractivity contribution is -0.359. The number of rotatable bonds is 56. The molecule has 0 spiro atoms. The first-order chi connectivity index (χ1) is 39.6. The lowest BCUT2D eigenvalue weighted by Crippen LogP contribution is -2.65. The second-order valence-corrected chi connectivity index (χ2v) is 24.3. The van der Waals surface area contributed by atoms with Crippen LogP contribution in [0, 0.1) is 0 Å². The maximum Gasteiger partial charge on any atom is 0.220 e. The van der Waals surface area contributed by atoms with Crippen molar-refractivity contribution in [2.45, 2.75) is 376 Å². The molecule has 2 saturated heterocycles. The molecule has 2 fully saturated rings. The van der Waals surface area contributed by atoms with E-state index in [1.165, 1.54) is 238 Å². The van der Waals surface area contributed by atoms with E-state index in [1.54, 1.807) is 6.08 Å². The molecule has 2 aliphatic rings. The topological polar surface area (TPSA) is 228 Å². The summed E-state index contributed by atoms with van der Waals surface area (Å²) in [6.45, 7) is 2.83. The van der Waals surface area contributed by atoms with Gasteiger partial charge in [-0.2, -0.15) is 0 Å². The molecule has 0 aromatic rings. The number of ether oxygens (including phenoxy) is 4. The van der Waals surface area contributed by atoms with Gasteiger partial charge < -0.3 is 65.1 Å². The van der Waals surface area contributed by atoms with Gasteiger partial charge in [-0.05, 0) is 32.1 Å². The Bertz CT molecular complexity index is 1450. The van der Waals surface area contributed by atoms with Crippen LogP contribution >= 0.6 is 0 Å². The summed E-state index contributed by atoms with van der Waals surface area (Å²) in [6, 6.07) is -0.928. The van der Waals surface area contributed by atoms with Crippen LogP contribution in [0.1, 0.15) is 303 Å². The fourth-order valence-electron chi connectivity index (χ4n) is 11.4. The number of aliphatic hydroxyl groups is 8. The van der Waals surface area contributed by atoms with Gasteiger partial charge in [-0.25, -0.2) is 0 Å². The van der Waals surface area contributed by atoms with Gasteiger partial charge >= 0.3 is 0 Å². The van der Waals surface area contributed by atoms with Crippen molar-refractivity contribution in [2.75, 3.05) is 19.8 Å². The van der Waals surface area contributed by atoms with E-state index in [0.717, 1.165) is 32.1 Å². The van der Waals surface area contributed by atoms with E-state index in [9.17, 15) is 45.6 Å². The lowest BCUT2D eigenvalue weighted by atomic mass is 9.97. The van der Waals surface area contributed by atoms with E-state index < -0.39 is 86.8 Å². The van der Waals surface area contributed by atoms with Crippen molar-refractivity contribution in [3.8, 4) is 0 Å². The third kappa shape index (κ3) is 37.6. The van der Waals surface area contributed by atoms with Gasteiger partial charge in [0.05, 0.1) is 32.0 Å². The standard InChI is InChI=1S/C67H127NO13/c1-3-5-7-9-11-13-15-17-19-21-23-24-25-26-27-28-29-30-31-32-33-34-36-38-40-42-44-46-48-50-56(71)55(68-59(72)51-49-47-45-43-41-39-37-35-22-20-18-16-14-12-10-8-6-4-2)54-78-66-64(77)62(75)65(58(53-70)80-66)81-67-63(76)61(74)60(73)57(52-69)79-67/h40,42,48,50,55-58,60-67,69-71,73-77H,3-39,41,43-47,49,51-54H2,1-2H3,(H,68,72)/b42-40+,50-48+. The summed E-state index contributed by atoms with van der Waals surface area (Å²) in [4.78, 5) is 13.3. The van der Waals surface area contributed by atoms with Gasteiger partial charge in [0, 0.05) is 6.42 Å². The van der Waals surface area contributed by atoms with Gasteiger partial charge in [-0.3, -0.25) is 4.79 Å². The zero-order valence-electron chi connectivity index (χ0n) is 51.8. The fraction of sp³-hybridized carbons (Fsp3) is 0.925. The molecule has 0 aliphatic carbocycles. The van der Waals surface area contributed by atoms with E-state index in [1.807, 2.05) is 6.08 Å². The van der Waals surface area contributed by atoms with E-state index in [4.69, 9.17) is 18.9 Å². The highest BCUT2D eigenvalue weighted by Crippen LogP contribution is 2.30. The molecule has 0 radical (unpaired) electrons. The fourth-order valence-corrected chi connectivity index (χ4v) is 11.4. The number of nitrogens with one attached hydrogen (secondary N) is 1. The predicted molar refractivity (Wildman–Crippen MR) is 328 cm³/mol. The summed E-state index contributed by atoms with van der Waals surface area (Å²) >= 11 is 0. The Morgan fingerprint density at radius 2 is 0.790 bits per heavy atom. The lowest BCUT2D eigenvalue weighted by Gasteiger charge is -2.46. The van der Waals surface area contributed by atoms with Crippen LogP contribution in [0.5, 0.6) is 0 Å². The van der Waals surface area contributed by atoms with Gasteiger partial charge in [0.2, 0.25) is 5.91 Å². The zero-order valence-corrected chi connectivity index (χ0v) is 51.8. The minimum atomic E-state index is -1.79. The number of aliphatic hydroxyl groups excluding tert-OH is 8. The maximum absolute atomic E-state index is 13.3. The van der Waals surface area contributed by atoms with E-state index in [2.05, 4.69) is 31.3 Å². The highest BCUT2D eigenvalue weighted by molar-refractivity contribution is 5.76. The van der Waals surface area contributed by atoms with Crippen molar-refractivity contribution in [1.29, 1.82) is 0 Å². The number of allylic oxidation sites excluding steroid dienone is 3. The van der Waals surface area contributed by atoms with E-state index in [0.29, 0.717) is 12.8 Å². The molecule has 14 heteroatoms. The molecular weight excluding hydrogens is 1030 g/mol. The summed E-state index contributed by atoms with van der Waals surface area (Å²) in [6.07, 6.45) is 48.1. The maximum atomic E-state index is 13.3. The summed E-state index contributed by atoms with van der Waals surface area (Å²) in [5.74, 6) is -0.243. The minimum absolute atomic E-state index is 0.243. The number of carbonyl (C=O) groups is 1. The van der Waals surface area contributed by atoms with Gasteiger partial charge in [-0.15, -0.1) is 0 Å². The summed E-state index contributed by atoms with van der Waals surface area (Å²) < 4.78 is 22.8. The van der Waals surface area contributed by atoms with Crippen molar-refractivity contribution in [3.05, 3.63) is 24.3 Å². The van der Waals surface area contributed by atoms with Crippen LogP contribution < -0.4 is 5.32 Å². The SMILES string of the molecule is CCCCCCCCCCCCCCCCCCCCCCCCC/C=C/CC/C=C/C(O)C(COC1OC(CO)C(OC2OC(CO)C(O)C(O)C2O)C(O)C1O)NC(=O)CCCCCCCCCCCCCCCCCCCC. The normalized spacial score (nSPS) is 24.2. The number of amides is 1. The van der Waals surface area contributed by atoms with Crippen molar-refractivity contribution in [1.82, 2.24) is 5.32 Å². The monoisotopic (exact) mass is 1150 g/mol. The molecule has 0 aromatic heterocycles. The molecule has 1 amide bonds. The molecule has 81 heavy (non-hydrogen) atoms. The molecule has 0 aromatic carbocycles. The largest absolute Gasteiger partial charge is 0.394 e. The Balaban J connectivity index is 1.70. The number of unbranched alkanes of at least 4 members (excludes halogenated alkanes) is 41. The zero-order chi connectivity index (χ0) is 58.8. The molecule has 12 unspecified atom stereocenters. The van der Waals surface area contributed by atoms with Crippen molar-refractivity contribution >= 4 is 5.91 Å². The Labute approximate surface area is 494 Å². The van der Waals surface area contributed by atoms with Crippen LogP contribution in [0.15, 0.2) is 24.3 Å². The molecule has 0 bridgehead atoms. The summed E-state index contributed by atoms with van der Waals surface area (Å²) in [5, 5.41) is 87.3. The highest BCUT2D eigenvalue weighted by atomic mass is 16.7. The van der Waals surface area contributed by atoms with Crippen LogP contribution in [-0.4, -0.2) is 140 Å². The van der Waals surface area contributed by atoms with Crippen molar-refractivity contribution in [2.24, 2.45) is 0 Å². The minimum Gasteiger partial charge on any atom is -0.394 e. The third-order valence-electron chi connectivity index (χ3n) is 16.9. The molecule has 478 valence electrons. The van der Waals surface area contributed by atoms with Gasteiger partial charge in [-0.1, -0.05) is 289 Å². The smallest absolute Gasteiger partial charge is 0.220 e. The first-order valence-electron chi connectivity index (χ1n) is 34.1. The molecule has 12 atom stereocenters. The first kappa shape index (κ1) is 75.6. The summed E-state index contributed by atoms with van der Waals surface area (Å²) in [5.41, 5.74) is 0. The predicted octanol–water partition coefficient (Wildman–Crippen LogP) is 13.2. The van der Waals surface area contributed by atoms with Gasteiger partial charge in [0.15, 0.2) is 12.6 Å². The Morgan fingerprint density at radius 3 is 1.21 bits per heavy atom. The van der Waals surface area contributed by atoms with E-state index in [-0.39, 0.29) is 18.9 Å². The van der Waals surface area contributed by atoms with Gasteiger partial charge in [0.25, 0.3) is 0 Å². The van der Waals surface area contributed by atoms with Crippen LogP contribution in [0.4, 0.5) is 0 Å². The average molecular weight is 1150 g/mol. The van der Waals surface area contributed by atoms with Crippen molar-refractivity contribution in [3.63, 3.8) is 0 Å². The highest BCUT2D eigenvalue weighted by Gasteiger charge is 2.51. The second-order valence-electron chi connectivity index (χ2n) is 24.3. The third-order valence-corrected chi connectivity index (χ3v) is 16.9. The average Bonchev–Trinajstić information content (AvgIpc) is 3.62. The number of hydrogen-bond donors (Lipinski definition) is 9. The molecule has 14 nitrogen and oxygen atoms in total. The van der Waals surface area contributed by atoms with E-state index >= 15 is 0 Å². The molecular formula is C67H127NO13. The number of carbonyl (C=O) groups excluding carboxylic acids is 1.